The van der Waals surface area contributed by atoms with Gasteiger partial charge in [-0.2, -0.15) is 10.4 Å². The summed E-state index contributed by atoms with van der Waals surface area (Å²) in [6, 6.07) is 13.3. The molecule has 2 N–H and O–H groups in total. The number of aromatic amines is 1. The molecule has 1 fully saturated rings. The maximum atomic E-state index is 13.8. The van der Waals surface area contributed by atoms with E-state index in [1.165, 1.54) is 29.4 Å². The molecule has 1 aliphatic rings. The number of aromatic nitrogens is 3. The topological polar surface area (TPSA) is 106 Å². The van der Waals surface area contributed by atoms with Crippen LogP contribution in [0.4, 0.5) is 4.39 Å². The molecule has 2 aromatic heterocycles. The van der Waals surface area contributed by atoms with Gasteiger partial charge in [0, 0.05) is 22.9 Å². The molecule has 4 aromatic rings. The van der Waals surface area contributed by atoms with Crippen LogP contribution in [0.3, 0.4) is 0 Å². The number of benzene rings is 2. The second-order valence-electron chi connectivity index (χ2n) is 8.32. The number of amides is 1. The first-order valence-electron chi connectivity index (χ1n) is 10.8. The van der Waals surface area contributed by atoms with Gasteiger partial charge in [-0.1, -0.05) is 12.1 Å². The average molecular weight is 458 g/mol. The molecule has 9 heteroatoms. The molecule has 0 radical (unpaired) electrons. The summed E-state index contributed by atoms with van der Waals surface area (Å²) in [5, 5.41) is 26.7. The van der Waals surface area contributed by atoms with Crippen LogP contribution in [0.15, 0.2) is 54.9 Å². The Hall–Kier alpha value is -4.45. The first-order chi connectivity index (χ1) is 16.4. The molecule has 1 saturated carbocycles. The van der Waals surface area contributed by atoms with Crippen molar-refractivity contribution in [1.82, 2.24) is 15.1 Å². The van der Waals surface area contributed by atoms with E-state index < -0.39 is 0 Å². The van der Waals surface area contributed by atoms with E-state index >= 15 is 0 Å². The zero-order valence-corrected chi connectivity index (χ0v) is 18.3. The van der Waals surface area contributed by atoms with E-state index in [1.54, 1.807) is 37.4 Å². The van der Waals surface area contributed by atoms with Gasteiger partial charge in [0.15, 0.2) is 6.07 Å². The summed E-state index contributed by atoms with van der Waals surface area (Å²) in [5.74, 6) is -0.0637. The van der Waals surface area contributed by atoms with Crippen LogP contribution < -0.4 is 9.47 Å². The zero-order chi connectivity index (χ0) is 23.8. The minimum absolute atomic E-state index is 0.0521. The van der Waals surface area contributed by atoms with Gasteiger partial charge in [0.25, 0.3) is 5.91 Å². The minimum atomic E-state index is -0.344. The quantitative estimate of drug-likeness (QED) is 0.339. The molecule has 0 aliphatic heterocycles. The molecular formula is C25H21FN5O3+. The van der Waals surface area contributed by atoms with Gasteiger partial charge in [-0.3, -0.25) is 15.1 Å². The number of pyridine rings is 1. The number of carbonyl (C=O) groups excluding carboxylic acids is 1. The summed E-state index contributed by atoms with van der Waals surface area (Å²) < 4.78 is 20.6. The minimum Gasteiger partial charge on any atom is -0.490 e. The van der Waals surface area contributed by atoms with Gasteiger partial charge in [-0.25, -0.2) is 4.39 Å². The van der Waals surface area contributed by atoms with E-state index in [9.17, 15) is 19.7 Å². The third-order valence-electron chi connectivity index (χ3n) is 5.77. The van der Waals surface area contributed by atoms with E-state index in [-0.39, 0.29) is 30.1 Å². The van der Waals surface area contributed by atoms with Crippen molar-refractivity contribution in [3.63, 3.8) is 0 Å². The Kier molecular flexibility index (Phi) is 5.34. The molecule has 0 spiro atoms. The smallest absolute Gasteiger partial charge is 0.344 e. The first-order valence-corrected chi connectivity index (χ1v) is 10.8. The van der Waals surface area contributed by atoms with Crippen molar-refractivity contribution in [3.8, 4) is 22.9 Å². The van der Waals surface area contributed by atoms with Gasteiger partial charge < -0.3 is 9.64 Å². The van der Waals surface area contributed by atoms with Crippen molar-refractivity contribution in [1.29, 1.82) is 5.26 Å². The highest BCUT2D eigenvalue weighted by Crippen LogP contribution is 2.36. The van der Waals surface area contributed by atoms with Gasteiger partial charge in [-0.05, 0) is 48.7 Å². The van der Waals surface area contributed by atoms with Crippen LogP contribution in [0.5, 0.6) is 5.75 Å². The normalized spacial score (nSPS) is 13.0. The number of nitrogens with zero attached hydrogens (tertiary/aromatic N) is 4. The fourth-order valence-electron chi connectivity index (χ4n) is 3.90. The standard InChI is InChI=1S/C25H20FN5O3/c1-30(13-17-14-31(33)22(11-27)21-12-28-29-24(17)21)25(32)16-5-8-20(15-3-2-4-18(26)9-15)23(10-16)34-19-6-7-19/h2-5,8-10,12,14,19,33H,6-7,13H2,1H3/p+1. The second kappa shape index (κ2) is 8.48. The number of hydrogen-bond donors (Lipinski definition) is 2. The summed E-state index contributed by atoms with van der Waals surface area (Å²) in [4.78, 5) is 14.7. The third-order valence-corrected chi connectivity index (χ3v) is 5.77. The molecule has 2 aromatic carbocycles. The van der Waals surface area contributed by atoms with E-state index in [0.717, 1.165) is 23.1 Å². The lowest BCUT2D eigenvalue weighted by Crippen LogP contribution is -2.36. The summed E-state index contributed by atoms with van der Waals surface area (Å²) in [7, 11) is 1.65. The van der Waals surface area contributed by atoms with E-state index in [0.29, 0.717) is 33.3 Å². The van der Waals surface area contributed by atoms with Crippen molar-refractivity contribution < 1.29 is 23.9 Å². The molecule has 170 valence electrons. The zero-order valence-electron chi connectivity index (χ0n) is 18.3. The van der Waals surface area contributed by atoms with E-state index in [1.807, 2.05) is 6.07 Å². The van der Waals surface area contributed by atoms with Gasteiger partial charge >= 0.3 is 5.69 Å². The molecule has 8 nitrogen and oxygen atoms in total. The Balaban J connectivity index is 1.45. The van der Waals surface area contributed by atoms with Gasteiger partial charge in [0.1, 0.15) is 17.0 Å². The fourth-order valence-corrected chi connectivity index (χ4v) is 3.90. The van der Waals surface area contributed by atoms with Gasteiger partial charge in [0.05, 0.1) is 29.9 Å². The van der Waals surface area contributed by atoms with Crippen molar-refractivity contribution in [2.24, 2.45) is 0 Å². The molecule has 0 saturated heterocycles. The number of nitriles is 1. The van der Waals surface area contributed by atoms with Crippen molar-refractivity contribution in [3.05, 3.63) is 77.5 Å². The molecule has 0 bridgehead atoms. The Bertz CT molecular complexity index is 1450. The predicted molar refractivity (Wildman–Crippen MR) is 119 cm³/mol. The van der Waals surface area contributed by atoms with Gasteiger partial charge in [-0.15, -0.1) is 0 Å². The highest BCUT2D eigenvalue weighted by Gasteiger charge is 2.27. The number of nitrogens with one attached hydrogen (secondary N) is 1. The second-order valence-corrected chi connectivity index (χ2v) is 8.32. The number of hydrogen-bond acceptors (Lipinski definition) is 5. The number of ether oxygens (including phenoxy) is 1. The van der Waals surface area contributed by atoms with Crippen LogP contribution in [0.1, 0.15) is 34.5 Å². The van der Waals surface area contributed by atoms with Crippen molar-refractivity contribution >= 4 is 16.8 Å². The highest BCUT2D eigenvalue weighted by atomic mass is 19.1. The van der Waals surface area contributed by atoms with Crippen molar-refractivity contribution in [2.45, 2.75) is 25.5 Å². The number of fused-ring (bicyclic) bond motifs is 1. The largest absolute Gasteiger partial charge is 0.490 e. The summed E-state index contributed by atoms with van der Waals surface area (Å²) in [6.07, 6.45) is 4.83. The predicted octanol–water partition coefficient (Wildman–Crippen LogP) is 3.58. The lowest BCUT2D eigenvalue weighted by Gasteiger charge is -2.19. The molecule has 34 heavy (non-hydrogen) atoms. The Morgan fingerprint density at radius 2 is 2.18 bits per heavy atom. The lowest BCUT2D eigenvalue weighted by atomic mass is 10.0. The maximum absolute atomic E-state index is 13.8. The van der Waals surface area contributed by atoms with Crippen LogP contribution in [0.2, 0.25) is 0 Å². The molecule has 2 heterocycles. The average Bonchev–Trinajstić information content (AvgIpc) is 3.50. The molecule has 0 unspecified atom stereocenters. The van der Waals surface area contributed by atoms with Crippen LogP contribution in [0, 0.1) is 17.1 Å². The Morgan fingerprint density at radius 3 is 2.91 bits per heavy atom. The number of carbonyl (C=O) groups is 1. The number of halogens is 1. The Morgan fingerprint density at radius 1 is 1.35 bits per heavy atom. The Labute approximate surface area is 194 Å². The number of rotatable bonds is 6. The SMILES string of the molecule is CN(Cc1c[n+](O)c(C#N)c2cn[nH]c12)C(=O)c1ccc(-c2cccc(F)c2)c(OC2CC2)c1. The highest BCUT2D eigenvalue weighted by molar-refractivity contribution is 5.96. The summed E-state index contributed by atoms with van der Waals surface area (Å²) in [6.45, 7) is 0.161. The number of H-pyrrole nitrogens is 1. The molecule has 5 rings (SSSR count). The van der Waals surface area contributed by atoms with Gasteiger partial charge in [0.2, 0.25) is 6.20 Å². The van der Waals surface area contributed by atoms with Crippen LogP contribution in [0.25, 0.3) is 22.0 Å². The first kappa shape index (κ1) is 21.4. The van der Waals surface area contributed by atoms with Crippen LogP contribution in [-0.2, 0) is 6.54 Å². The summed E-state index contributed by atoms with van der Waals surface area (Å²) in [5.41, 5.74) is 3.03. The fraction of sp³-hybridized carbons (Fsp3) is 0.200. The van der Waals surface area contributed by atoms with Crippen LogP contribution >= 0.6 is 0 Å². The summed E-state index contributed by atoms with van der Waals surface area (Å²) >= 11 is 0. The maximum Gasteiger partial charge on any atom is 0.344 e. The molecule has 1 aliphatic carbocycles. The monoisotopic (exact) mass is 458 g/mol. The van der Waals surface area contributed by atoms with Crippen LogP contribution in [-0.4, -0.2) is 39.4 Å². The third kappa shape index (κ3) is 4.01. The molecule has 0 atom stereocenters. The molecule has 1 amide bonds. The van der Waals surface area contributed by atoms with E-state index in [4.69, 9.17) is 4.74 Å². The molecular weight excluding hydrogens is 437 g/mol. The lowest BCUT2D eigenvalue weighted by molar-refractivity contribution is -0.905. The van der Waals surface area contributed by atoms with Crippen molar-refractivity contribution in [2.75, 3.05) is 7.05 Å². The van der Waals surface area contributed by atoms with E-state index in [2.05, 4.69) is 10.2 Å².